The molecule has 0 fully saturated rings. The van der Waals surface area contributed by atoms with E-state index in [0.29, 0.717) is 12.1 Å². The number of nitrogens with one attached hydrogen (secondary N) is 1. The van der Waals surface area contributed by atoms with E-state index in [1.807, 2.05) is 33.0 Å². The van der Waals surface area contributed by atoms with Crippen molar-refractivity contribution < 1.29 is 9.59 Å². The molecule has 1 amide bonds. The second-order valence-electron chi connectivity index (χ2n) is 4.72. The number of benzene rings is 1. The highest BCUT2D eigenvalue weighted by atomic mass is 16.2. The van der Waals surface area contributed by atoms with Gasteiger partial charge in [-0.2, -0.15) is 0 Å². The molecule has 1 aromatic rings. The van der Waals surface area contributed by atoms with E-state index in [9.17, 15) is 9.59 Å². The first-order chi connectivity index (χ1) is 8.56. The van der Waals surface area contributed by atoms with Gasteiger partial charge in [0.2, 0.25) is 0 Å². The highest BCUT2D eigenvalue weighted by Crippen LogP contribution is 2.32. The van der Waals surface area contributed by atoms with Crippen molar-refractivity contribution in [3.05, 3.63) is 28.8 Å². The van der Waals surface area contributed by atoms with Crippen LogP contribution in [0.4, 0.5) is 5.69 Å². The van der Waals surface area contributed by atoms with Crippen LogP contribution < -0.4 is 10.2 Å². The summed E-state index contributed by atoms with van der Waals surface area (Å²) in [6.07, 6.45) is 0.835. The van der Waals surface area contributed by atoms with E-state index >= 15 is 0 Å². The van der Waals surface area contributed by atoms with Crippen molar-refractivity contribution in [2.75, 3.05) is 25.0 Å². The van der Waals surface area contributed by atoms with Gasteiger partial charge >= 0.3 is 0 Å². The summed E-state index contributed by atoms with van der Waals surface area (Å²) in [6, 6.07) is 3.87. The standard InChI is InChI=1S/C14H18N2O2/c1-9-7-10(2)12-11(8-9)16(6-4-5-15-3)14(18)13(12)17/h7-8,15H,4-6H2,1-3H3. The number of carbonyl (C=O) groups is 2. The molecule has 0 aromatic heterocycles. The minimum absolute atomic E-state index is 0.369. The number of Topliss-reactive ketones (excluding diaryl/α,β-unsaturated/α-hetero) is 1. The number of fused-ring (bicyclic) bond motifs is 1. The molecule has 96 valence electrons. The van der Waals surface area contributed by atoms with Gasteiger partial charge in [-0.3, -0.25) is 9.59 Å². The third-order valence-electron chi connectivity index (χ3n) is 3.22. The molecule has 18 heavy (non-hydrogen) atoms. The molecule has 1 aromatic carbocycles. The van der Waals surface area contributed by atoms with Crippen LogP contribution in [0.5, 0.6) is 0 Å². The zero-order valence-electron chi connectivity index (χ0n) is 11.0. The third kappa shape index (κ3) is 2.04. The lowest BCUT2D eigenvalue weighted by Gasteiger charge is -2.17. The van der Waals surface area contributed by atoms with Gasteiger partial charge in [-0.1, -0.05) is 6.07 Å². The highest BCUT2D eigenvalue weighted by Gasteiger charge is 2.36. The fourth-order valence-electron chi connectivity index (χ4n) is 2.43. The molecule has 0 saturated heterocycles. The lowest BCUT2D eigenvalue weighted by molar-refractivity contribution is -0.114. The Hall–Kier alpha value is -1.68. The van der Waals surface area contributed by atoms with Gasteiger partial charge in [-0.25, -0.2) is 0 Å². The maximum atomic E-state index is 12.0. The Labute approximate surface area is 107 Å². The molecule has 4 heteroatoms. The number of rotatable bonds is 4. The van der Waals surface area contributed by atoms with Crippen LogP contribution in [0.2, 0.25) is 0 Å². The van der Waals surface area contributed by atoms with Gasteiger partial charge in [0.15, 0.2) is 0 Å². The first-order valence-corrected chi connectivity index (χ1v) is 6.18. The number of anilines is 1. The molecular formula is C14H18N2O2. The quantitative estimate of drug-likeness (QED) is 0.646. The Morgan fingerprint density at radius 1 is 1.22 bits per heavy atom. The number of aryl methyl sites for hydroxylation is 2. The SMILES string of the molecule is CNCCCN1C(=O)C(=O)c2c(C)cc(C)cc21. The number of hydrogen-bond acceptors (Lipinski definition) is 3. The van der Waals surface area contributed by atoms with Crippen molar-refractivity contribution in [3.8, 4) is 0 Å². The summed E-state index contributed by atoms with van der Waals surface area (Å²) >= 11 is 0. The molecule has 0 bridgehead atoms. The topological polar surface area (TPSA) is 49.4 Å². The molecule has 1 heterocycles. The van der Waals surface area contributed by atoms with Crippen LogP contribution in [0.25, 0.3) is 0 Å². The number of nitrogens with zero attached hydrogens (tertiary/aromatic N) is 1. The third-order valence-corrected chi connectivity index (χ3v) is 3.22. The monoisotopic (exact) mass is 246 g/mol. The van der Waals surface area contributed by atoms with Crippen molar-refractivity contribution in [1.29, 1.82) is 0 Å². The van der Waals surface area contributed by atoms with Gasteiger partial charge in [0.05, 0.1) is 11.3 Å². The molecule has 0 unspecified atom stereocenters. The summed E-state index contributed by atoms with van der Waals surface area (Å²) in [5.74, 6) is -0.762. The second-order valence-corrected chi connectivity index (χ2v) is 4.72. The van der Waals surface area contributed by atoms with Crippen LogP contribution >= 0.6 is 0 Å². The van der Waals surface area contributed by atoms with E-state index in [2.05, 4.69) is 5.32 Å². The molecule has 4 nitrogen and oxygen atoms in total. The zero-order chi connectivity index (χ0) is 13.3. The number of carbonyl (C=O) groups excluding carboxylic acids is 2. The first-order valence-electron chi connectivity index (χ1n) is 6.18. The van der Waals surface area contributed by atoms with E-state index < -0.39 is 5.91 Å². The number of amides is 1. The number of ketones is 1. The normalized spacial score (nSPS) is 14.3. The van der Waals surface area contributed by atoms with Crippen LogP contribution in [-0.4, -0.2) is 31.8 Å². The Kier molecular flexibility index (Phi) is 3.48. The zero-order valence-corrected chi connectivity index (χ0v) is 11.0. The summed E-state index contributed by atoms with van der Waals surface area (Å²) in [5, 5.41) is 3.04. The predicted molar refractivity (Wildman–Crippen MR) is 71.1 cm³/mol. The Bertz CT molecular complexity index is 509. The summed E-state index contributed by atoms with van der Waals surface area (Å²) in [6.45, 7) is 5.28. The Morgan fingerprint density at radius 3 is 2.61 bits per heavy atom. The van der Waals surface area contributed by atoms with Crippen LogP contribution in [-0.2, 0) is 4.79 Å². The molecule has 2 rings (SSSR count). The van der Waals surface area contributed by atoms with Gasteiger partial charge in [0, 0.05) is 6.54 Å². The molecule has 0 radical (unpaired) electrons. The molecule has 0 spiro atoms. The summed E-state index contributed by atoms with van der Waals surface area (Å²) in [5.41, 5.74) is 3.32. The van der Waals surface area contributed by atoms with Crippen molar-refractivity contribution in [3.63, 3.8) is 0 Å². The maximum Gasteiger partial charge on any atom is 0.299 e. The van der Waals surface area contributed by atoms with Gasteiger partial charge in [-0.15, -0.1) is 0 Å². The lowest BCUT2D eigenvalue weighted by Crippen LogP contribution is -2.32. The van der Waals surface area contributed by atoms with Crippen molar-refractivity contribution in [2.45, 2.75) is 20.3 Å². The van der Waals surface area contributed by atoms with Crippen LogP contribution in [0.3, 0.4) is 0 Å². The number of hydrogen-bond donors (Lipinski definition) is 1. The summed E-state index contributed by atoms with van der Waals surface area (Å²) in [7, 11) is 1.87. The van der Waals surface area contributed by atoms with E-state index in [-0.39, 0.29) is 5.78 Å². The minimum atomic E-state index is -0.394. The smallest absolute Gasteiger partial charge is 0.299 e. The highest BCUT2D eigenvalue weighted by molar-refractivity contribution is 6.52. The molecular weight excluding hydrogens is 228 g/mol. The molecule has 0 aliphatic carbocycles. The van der Waals surface area contributed by atoms with Gasteiger partial charge in [-0.05, 0) is 51.1 Å². The average molecular weight is 246 g/mol. The minimum Gasteiger partial charge on any atom is -0.320 e. The molecule has 1 aliphatic rings. The van der Waals surface area contributed by atoms with Crippen molar-refractivity contribution in [2.24, 2.45) is 0 Å². The second kappa shape index (κ2) is 4.90. The van der Waals surface area contributed by atoms with Gasteiger partial charge in [0.1, 0.15) is 0 Å². The van der Waals surface area contributed by atoms with E-state index in [1.54, 1.807) is 4.90 Å². The van der Waals surface area contributed by atoms with E-state index in [1.165, 1.54) is 0 Å². The predicted octanol–water partition coefficient (Wildman–Crippen LogP) is 1.44. The van der Waals surface area contributed by atoms with E-state index in [4.69, 9.17) is 0 Å². The molecule has 1 aliphatic heterocycles. The molecule has 0 atom stereocenters. The average Bonchev–Trinajstić information content (AvgIpc) is 2.54. The summed E-state index contributed by atoms with van der Waals surface area (Å²) in [4.78, 5) is 25.5. The molecule has 0 saturated carbocycles. The maximum absolute atomic E-state index is 12.0. The first kappa shape index (κ1) is 12.8. The largest absolute Gasteiger partial charge is 0.320 e. The van der Waals surface area contributed by atoms with Gasteiger partial charge in [0.25, 0.3) is 11.7 Å². The lowest BCUT2D eigenvalue weighted by atomic mass is 10.0. The molecule has 1 N–H and O–H groups in total. The van der Waals surface area contributed by atoms with Crippen molar-refractivity contribution in [1.82, 2.24) is 5.32 Å². The van der Waals surface area contributed by atoms with Crippen LogP contribution in [0.15, 0.2) is 12.1 Å². The van der Waals surface area contributed by atoms with Crippen molar-refractivity contribution >= 4 is 17.4 Å². The Balaban J connectivity index is 2.35. The van der Waals surface area contributed by atoms with Gasteiger partial charge < -0.3 is 10.2 Å². The summed E-state index contributed by atoms with van der Waals surface area (Å²) < 4.78 is 0. The van der Waals surface area contributed by atoms with Crippen LogP contribution in [0.1, 0.15) is 27.9 Å². The van der Waals surface area contributed by atoms with Crippen LogP contribution in [0, 0.1) is 13.8 Å². The fourth-order valence-corrected chi connectivity index (χ4v) is 2.43. The van der Waals surface area contributed by atoms with E-state index in [0.717, 1.165) is 29.8 Å². The Morgan fingerprint density at radius 2 is 1.94 bits per heavy atom. The fraction of sp³-hybridized carbons (Fsp3) is 0.429.